The molecule has 2 aliphatic rings. The lowest BCUT2D eigenvalue weighted by molar-refractivity contribution is -0.146. The van der Waals surface area contributed by atoms with E-state index < -0.39 is 17.8 Å². The van der Waals surface area contributed by atoms with Crippen LogP contribution in [-0.4, -0.2) is 38.3 Å². The summed E-state index contributed by atoms with van der Waals surface area (Å²) >= 11 is 0. The fourth-order valence-corrected chi connectivity index (χ4v) is 5.88. The lowest BCUT2D eigenvalue weighted by atomic mass is 9.69. The molecule has 1 aliphatic heterocycles. The van der Waals surface area contributed by atoms with Gasteiger partial charge in [0.15, 0.2) is 17.3 Å². The van der Waals surface area contributed by atoms with Crippen molar-refractivity contribution in [1.29, 1.82) is 0 Å². The summed E-state index contributed by atoms with van der Waals surface area (Å²) in [5.74, 6) is 0.0927. The summed E-state index contributed by atoms with van der Waals surface area (Å²) in [6, 6.07) is 23.3. The number of carbonyl (C=O) groups excluding carboxylic acids is 2. The Morgan fingerprint density at radius 2 is 1.63 bits per heavy atom. The first-order valence-corrected chi connectivity index (χ1v) is 13.9. The summed E-state index contributed by atoms with van der Waals surface area (Å²) in [6.07, 6.45) is 0.856. The lowest BCUT2D eigenvalue weighted by Crippen LogP contribution is -2.38. The van der Waals surface area contributed by atoms with E-state index in [1.54, 1.807) is 21.1 Å². The number of aliphatic imine (C=N–C) groups is 1. The molecule has 0 N–H and O–H groups in total. The third-order valence-electron chi connectivity index (χ3n) is 7.80. The summed E-state index contributed by atoms with van der Waals surface area (Å²) in [6.45, 7) is 4.23. The van der Waals surface area contributed by atoms with Gasteiger partial charge in [0.05, 0.1) is 20.8 Å². The zero-order valence-corrected chi connectivity index (χ0v) is 23.9. The Morgan fingerprint density at radius 1 is 0.902 bits per heavy atom. The minimum absolute atomic E-state index is 0.0283. The summed E-state index contributed by atoms with van der Waals surface area (Å²) in [5.41, 5.74) is 4.69. The Balaban J connectivity index is 1.56. The van der Waals surface area contributed by atoms with E-state index in [4.69, 9.17) is 23.9 Å². The fourth-order valence-electron chi connectivity index (χ4n) is 5.88. The van der Waals surface area contributed by atoms with E-state index in [0.29, 0.717) is 53.7 Å². The molecule has 3 aromatic rings. The average Bonchev–Trinajstić information content (AvgIpc) is 2.99. The highest BCUT2D eigenvalue weighted by Crippen LogP contribution is 2.49. The number of para-hydroxylation sites is 1. The molecule has 0 saturated heterocycles. The number of Topliss-reactive ketones (excluding diaryl/α,β-unsaturated/α-hetero) is 1. The van der Waals surface area contributed by atoms with Crippen molar-refractivity contribution in [2.24, 2.45) is 10.9 Å². The van der Waals surface area contributed by atoms with Crippen LogP contribution in [0.4, 0.5) is 0 Å². The molecule has 3 aromatic carbocycles. The maximum atomic E-state index is 14.0. The zero-order valence-electron chi connectivity index (χ0n) is 23.9. The second kappa shape index (κ2) is 12.4. The van der Waals surface area contributed by atoms with Crippen LogP contribution in [0.1, 0.15) is 55.2 Å². The Kier molecular flexibility index (Phi) is 8.53. The first kappa shape index (κ1) is 28.1. The number of ether oxygens (including phenoxy) is 4. The normalized spacial score (nSPS) is 20.1. The summed E-state index contributed by atoms with van der Waals surface area (Å²) < 4.78 is 22.7. The third kappa shape index (κ3) is 5.75. The van der Waals surface area contributed by atoms with Crippen LogP contribution in [0.25, 0.3) is 0 Å². The minimum atomic E-state index is -0.725. The molecule has 0 radical (unpaired) electrons. The predicted octanol–water partition coefficient (Wildman–Crippen LogP) is 6.42. The Labute approximate surface area is 240 Å². The number of methoxy groups -OCH3 is 2. The average molecular weight is 554 g/mol. The van der Waals surface area contributed by atoms with Gasteiger partial charge in [-0.2, -0.15) is 0 Å². The van der Waals surface area contributed by atoms with Gasteiger partial charge in [-0.05, 0) is 55.5 Å². The second-order valence-corrected chi connectivity index (χ2v) is 10.3. The highest BCUT2D eigenvalue weighted by atomic mass is 16.5. The maximum absolute atomic E-state index is 14.0. The number of rotatable bonds is 9. The number of hydrogen-bond acceptors (Lipinski definition) is 7. The van der Waals surface area contributed by atoms with Crippen LogP contribution in [0.5, 0.6) is 17.2 Å². The highest BCUT2D eigenvalue weighted by Gasteiger charge is 2.45. The standard InChI is InChI=1S/C34H35NO6/c1-5-40-34(37)31-21(2)35-26-17-24(23-15-16-29(38-3)30(19-23)39-4)18-27(36)33(26)32(31)25-13-9-10-14-28(25)41-20-22-11-7-6-8-12-22/h6-16,19,24,31-32H,5,17-18,20H2,1-4H3/t24-,31?,32+/m1/s1. The van der Waals surface area contributed by atoms with E-state index in [2.05, 4.69) is 0 Å². The molecule has 0 amide bonds. The van der Waals surface area contributed by atoms with Crippen molar-refractivity contribution < 1.29 is 28.5 Å². The molecule has 212 valence electrons. The fraction of sp³-hybridized carbons (Fsp3) is 0.324. The van der Waals surface area contributed by atoms with Crippen molar-refractivity contribution in [2.45, 2.75) is 45.1 Å². The lowest BCUT2D eigenvalue weighted by Gasteiger charge is -2.37. The Morgan fingerprint density at radius 3 is 2.37 bits per heavy atom. The second-order valence-electron chi connectivity index (χ2n) is 10.3. The molecule has 1 aliphatic carbocycles. The third-order valence-corrected chi connectivity index (χ3v) is 7.80. The summed E-state index contributed by atoms with van der Waals surface area (Å²) in [4.78, 5) is 32.3. The number of carbonyl (C=O) groups is 2. The van der Waals surface area contributed by atoms with Gasteiger partial charge in [0.1, 0.15) is 18.3 Å². The van der Waals surface area contributed by atoms with Crippen LogP contribution in [0.3, 0.4) is 0 Å². The molecule has 3 atom stereocenters. The van der Waals surface area contributed by atoms with Crippen molar-refractivity contribution in [2.75, 3.05) is 20.8 Å². The van der Waals surface area contributed by atoms with E-state index in [-0.39, 0.29) is 18.3 Å². The van der Waals surface area contributed by atoms with E-state index in [9.17, 15) is 9.59 Å². The minimum Gasteiger partial charge on any atom is -0.493 e. The number of hydrogen-bond donors (Lipinski definition) is 0. The van der Waals surface area contributed by atoms with Gasteiger partial charge in [-0.15, -0.1) is 0 Å². The van der Waals surface area contributed by atoms with Gasteiger partial charge in [0.2, 0.25) is 0 Å². The van der Waals surface area contributed by atoms with Gasteiger partial charge >= 0.3 is 5.97 Å². The Bertz CT molecular complexity index is 1490. The first-order valence-electron chi connectivity index (χ1n) is 13.9. The van der Waals surface area contributed by atoms with Crippen LogP contribution >= 0.6 is 0 Å². The molecule has 0 aromatic heterocycles. The summed E-state index contributed by atoms with van der Waals surface area (Å²) in [7, 11) is 3.19. The van der Waals surface area contributed by atoms with Gasteiger partial charge in [0.25, 0.3) is 0 Å². The van der Waals surface area contributed by atoms with Crippen LogP contribution in [-0.2, 0) is 20.9 Å². The van der Waals surface area contributed by atoms with Gasteiger partial charge in [-0.1, -0.05) is 54.6 Å². The topological polar surface area (TPSA) is 83.4 Å². The molecule has 1 unspecified atom stereocenters. The maximum Gasteiger partial charge on any atom is 0.315 e. The molecule has 7 heteroatoms. The monoisotopic (exact) mass is 553 g/mol. The van der Waals surface area contributed by atoms with Crippen LogP contribution in [0.15, 0.2) is 89.1 Å². The van der Waals surface area contributed by atoms with Crippen molar-refractivity contribution in [3.05, 3.63) is 101 Å². The molecule has 1 heterocycles. The van der Waals surface area contributed by atoms with E-state index >= 15 is 0 Å². The molecule has 0 saturated carbocycles. The Hall–Kier alpha value is -4.39. The summed E-state index contributed by atoms with van der Waals surface area (Å²) in [5, 5.41) is 0. The molecule has 0 bridgehead atoms. The number of esters is 1. The number of benzene rings is 3. The van der Waals surface area contributed by atoms with Crippen molar-refractivity contribution >= 4 is 17.5 Å². The highest BCUT2D eigenvalue weighted by molar-refractivity contribution is 6.09. The predicted molar refractivity (Wildman–Crippen MR) is 157 cm³/mol. The quantitative estimate of drug-likeness (QED) is 0.284. The first-order chi connectivity index (χ1) is 19.9. The van der Waals surface area contributed by atoms with Crippen LogP contribution < -0.4 is 14.2 Å². The molecular weight excluding hydrogens is 518 g/mol. The van der Waals surface area contributed by atoms with Crippen molar-refractivity contribution in [1.82, 2.24) is 0 Å². The number of nitrogens with zero attached hydrogens (tertiary/aromatic N) is 1. The SMILES string of the molecule is CCOC(=O)C1C(C)=NC2=C(C(=O)C[C@H](c3ccc(OC)c(OC)c3)C2)[C@H]1c1ccccc1OCc1ccccc1. The van der Waals surface area contributed by atoms with E-state index in [1.807, 2.05) is 79.7 Å². The van der Waals surface area contributed by atoms with Gasteiger partial charge in [-0.25, -0.2) is 0 Å². The zero-order chi connectivity index (χ0) is 28.9. The van der Waals surface area contributed by atoms with Crippen LogP contribution in [0, 0.1) is 5.92 Å². The molecule has 5 rings (SSSR count). The largest absolute Gasteiger partial charge is 0.493 e. The van der Waals surface area contributed by atoms with E-state index in [0.717, 1.165) is 16.7 Å². The van der Waals surface area contributed by atoms with Gasteiger partial charge in [-0.3, -0.25) is 14.6 Å². The molecule has 41 heavy (non-hydrogen) atoms. The number of ketones is 1. The van der Waals surface area contributed by atoms with Crippen molar-refractivity contribution in [3.8, 4) is 17.2 Å². The molecule has 0 fully saturated rings. The molecular formula is C34H35NO6. The van der Waals surface area contributed by atoms with Gasteiger partial charge < -0.3 is 18.9 Å². The number of allylic oxidation sites excluding steroid dienone is 2. The van der Waals surface area contributed by atoms with E-state index in [1.165, 1.54) is 0 Å². The molecule has 7 nitrogen and oxygen atoms in total. The van der Waals surface area contributed by atoms with Crippen LogP contribution in [0.2, 0.25) is 0 Å². The van der Waals surface area contributed by atoms with Gasteiger partial charge in [0, 0.05) is 34.9 Å². The smallest absolute Gasteiger partial charge is 0.315 e. The van der Waals surface area contributed by atoms with Crippen molar-refractivity contribution in [3.63, 3.8) is 0 Å². The molecule has 0 spiro atoms.